The number of hydrogen-bond acceptors (Lipinski definition) is 3. The molecule has 0 spiro atoms. The Kier molecular flexibility index (Phi) is 6.32. The molecule has 5 nitrogen and oxygen atoms in total. The summed E-state index contributed by atoms with van der Waals surface area (Å²) < 4.78 is 1.90. The van der Waals surface area contributed by atoms with E-state index in [1.807, 2.05) is 23.9 Å². The van der Waals surface area contributed by atoms with Crippen molar-refractivity contribution in [2.75, 3.05) is 11.9 Å². The van der Waals surface area contributed by atoms with E-state index in [9.17, 15) is 4.79 Å². The molecule has 0 fully saturated rings. The summed E-state index contributed by atoms with van der Waals surface area (Å²) in [7, 11) is 1.95. The monoisotopic (exact) mass is 460 g/mol. The van der Waals surface area contributed by atoms with Gasteiger partial charge in [0, 0.05) is 13.6 Å². The Balaban J connectivity index is 1.85. The Labute approximate surface area is 193 Å². The number of fused-ring (bicyclic) bond motifs is 1. The van der Waals surface area contributed by atoms with Crippen molar-refractivity contribution in [2.24, 2.45) is 12.8 Å². The number of nitrogens with two attached hydrogens (primary N) is 1. The van der Waals surface area contributed by atoms with Gasteiger partial charge in [0.25, 0.3) is 0 Å². The molecule has 3 aromatic rings. The minimum atomic E-state index is -0.523. The van der Waals surface area contributed by atoms with Gasteiger partial charge in [0.1, 0.15) is 0 Å². The number of anilines is 1. The fourth-order valence-corrected chi connectivity index (χ4v) is 4.33. The van der Waals surface area contributed by atoms with Crippen LogP contribution in [-0.2, 0) is 17.9 Å². The molecular formula is C24H30Cl2N4O. The van der Waals surface area contributed by atoms with E-state index in [-0.39, 0.29) is 10.8 Å². The zero-order valence-electron chi connectivity index (χ0n) is 18.9. The zero-order chi connectivity index (χ0) is 23.1. The molecule has 2 aromatic carbocycles. The quantitative estimate of drug-likeness (QED) is 0.469. The molecule has 0 unspecified atom stereocenters. The molecule has 1 amide bonds. The molecule has 31 heavy (non-hydrogen) atoms. The maximum Gasteiger partial charge on any atom is 0.250 e. The van der Waals surface area contributed by atoms with Crippen molar-refractivity contribution in [1.82, 2.24) is 9.78 Å². The highest BCUT2D eigenvalue weighted by atomic mass is 35.5. The molecule has 3 rings (SSSR count). The number of hydrogen-bond donors (Lipinski definition) is 2. The van der Waals surface area contributed by atoms with Gasteiger partial charge in [0.15, 0.2) is 5.82 Å². The number of amides is 1. The third kappa shape index (κ3) is 4.68. The normalized spacial score (nSPS) is 12.4. The molecule has 0 bridgehead atoms. The second kappa shape index (κ2) is 8.36. The molecule has 1 heterocycles. The first kappa shape index (κ1) is 23.4. The number of primary amides is 1. The fraction of sp³-hybridized carbons (Fsp3) is 0.417. The smallest absolute Gasteiger partial charge is 0.250 e. The number of aryl methyl sites for hydroxylation is 1. The second-order valence-electron chi connectivity index (χ2n) is 9.66. The van der Waals surface area contributed by atoms with Crippen molar-refractivity contribution in [3.63, 3.8) is 0 Å². The average Bonchev–Trinajstić information content (AvgIpc) is 2.98. The average molecular weight is 461 g/mol. The summed E-state index contributed by atoms with van der Waals surface area (Å²) >= 11 is 12.7. The SMILES string of the molecule is Cn1nc(NCCC(C)(C)c2ccc(Cl)c(C(N)=O)c2)c2c(Cl)ccc(C(C)(C)C)c21. The van der Waals surface area contributed by atoms with E-state index in [1.165, 1.54) is 5.56 Å². The molecule has 0 aliphatic rings. The number of carbonyl (C=O) groups is 1. The van der Waals surface area contributed by atoms with Gasteiger partial charge in [-0.25, -0.2) is 0 Å². The lowest BCUT2D eigenvalue weighted by Gasteiger charge is -2.26. The Morgan fingerprint density at radius 2 is 1.74 bits per heavy atom. The van der Waals surface area contributed by atoms with Crippen LogP contribution in [0, 0.1) is 0 Å². The van der Waals surface area contributed by atoms with E-state index < -0.39 is 5.91 Å². The molecule has 0 saturated carbocycles. The molecule has 166 valence electrons. The third-order valence-electron chi connectivity index (χ3n) is 5.80. The molecule has 0 aliphatic carbocycles. The van der Waals surface area contributed by atoms with Gasteiger partial charge >= 0.3 is 0 Å². The highest BCUT2D eigenvalue weighted by Crippen LogP contribution is 2.37. The predicted molar refractivity (Wildman–Crippen MR) is 131 cm³/mol. The number of rotatable bonds is 6. The van der Waals surface area contributed by atoms with Crippen LogP contribution in [0.4, 0.5) is 5.82 Å². The van der Waals surface area contributed by atoms with E-state index in [2.05, 4.69) is 46.0 Å². The summed E-state index contributed by atoms with van der Waals surface area (Å²) in [5.74, 6) is 0.253. The largest absolute Gasteiger partial charge is 0.368 e. The van der Waals surface area contributed by atoms with Gasteiger partial charge in [-0.05, 0) is 46.6 Å². The summed E-state index contributed by atoms with van der Waals surface area (Å²) in [5.41, 5.74) is 8.83. The van der Waals surface area contributed by atoms with E-state index in [0.717, 1.165) is 28.7 Å². The minimum absolute atomic E-state index is 0.0252. The van der Waals surface area contributed by atoms with Gasteiger partial charge in [-0.15, -0.1) is 0 Å². The fourth-order valence-electron chi connectivity index (χ4n) is 3.88. The molecule has 1 aromatic heterocycles. The van der Waals surface area contributed by atoms with Crippen molar-refractivity contribution in [3.05, 3.63) is 57.1 Å². The lowest BCUT2D eigenvalue weighted by Crippen LogP contribution is -2.23. The number of halogens is 2. The minimum Gasteiger partial charge on any atom is -0.368 e. The molecule has 0 aliphatic heterocycles. The van der Waals surface area contributed by atoms with Crippen LogP contribution in [0.1, 0.15) is 62.5 Å². The second-order valence-corrected chi connectivity index (χ2v) is 10.5. The Morgan fingerprint density at radius 1 is 1.10 bits per heavy atom. The Hall–Kier alpha value is -2.24. The van der Waals surface area contributed by atoms with Crippen molar-refractivity contribution >= 4 is 45.8 Å². The van der Waals surface area contributed by atoms with E-state index >= 15 is 0 Å². The Morgan fingerprint density at radius 3 is 2.35 bits per heavy atom. The first-order valence-corrected chi connectivity index (χ1v) is 11.1. The lowest BCUT2D eigenvalue weighted by molar-refractivity contribution is 0.100. The van der Waals surface area contributed by atoms with Crippen molar-refractivity contribution in [3.8, 4) is 0 Å². The summed E-state index contributed by atoms with van der Waals surface area (Å²) in [5, 5.41) is 10.2. The van der Waals surface area contributed by atoms with Crippen LogP contribution in [-0.4, -0.2) is 22.2 Å². The molecular weight excluding hydrogens is 431 g/mol. The molecule has 0 atom stereocenters. The van der Waals surface area contributed by atoms with E-state index in [0.29, 0.717) is 22.2 Å². The maximum absolute atomic E-state index is 11.7. The van der Waals surface area contributed by atoms with E-state index in [1.54, 1.807) is 12.1 Å². The molecule has 0 saturated heterocycles. The highest BCUT2D eigenvalue weighted by molar-refractivity contribution is 6.36. The van der Waals surface area contributed by atoms with Crippen molar-refractivity contribution in [1.29, 1.82) is 0 Å². The predicted octanol–water partition coefficient (Wildman–Crippen LogP) is 6.06. The maximum atomic E-state index is 11.7. The number of carbonyl (C=O) groups excluding carboxylic acids is 1. The van der Waals surface area contributed by atoms with Crippen molar-refractivity contribution < 1.29 is 4.79 Å². The van der Waals surface area contributed by atoms with Gasteiger partial charge < -0.3 is 11.1 Å². The number of benzene rings is 2. The van der Waals surface area contributed by atoms with Gasteiger partial charge in [0.2, 0.25) is 5.91 Å². The Bertz CT molecular complexity index is 1140. The number of nitrogens with one attached hydrogen (secondary N) is 1. The van der Waals surface area contributed by atoms with Crippen LogP contribution in [0.2, 0.25) is 10.0 Å². The van der Waals surface area contributed by atoms with Crippen molar-refractivity contribution in [2.45, 2.75) is 51.9 Å². The van der Waals surface area contributed by atoms with Crippen LogP contribution in [0.5, 0.6) is 0 Å². The van der Waals surface area contributed by atoms with Crippen LogP contribution in [0.25, 0.3) is 10.9 Å². The molecule has 7 heteroatoms. The molecule has 3 N–H and O–H groups in total. The lowest BCUT2D eigenvalue weighted by atomic mass is 9.81. The van der Waals surface area contributed by atoms with E-state index in [4.69, 9.17) is 34.0 Å². The topological polar surface area (TPSA) is 72.9 Å². The first-order valence-electron chi connectivity index (χ1n) is 10.3. The van der Waals surface area contributed by atoms with Gasteiger partial charge in [0.05, 0.1) is 26.5 Å². The summed E-state index contributed by atoms with van der Waals surface area (Å²) in [4.78, 5) is 11.7. The summed E-state index contributed by atoms with van der Waals surface area (Å²) in [6, 6.07) is 9.48. The van der Waals surface area contributed by atoms with Crippen LogP contribution in [0.15, 0.2) is 30.3 Å². The standard InChI is InChI=1S/C24H30Cl2N4O/c1-23(2,3)16-8-10-18(26)19-20(16)30(6)29-22(19)28-12-11-24(4,5)14-7-9-17(25)15(13-14)21(27)31/h7-10,13H,11-12H2,1-6H3,(H2,27,31)(H,28,29). The first-order chi connectivity index (χ1) is 14.3. The summed E-state index contributed by atoms with van der Waals surface area (Å²) in [6.07, 6.45) is 0.807. The van der Waals surface area contributed by atoms with Crippen LogP contribution >= 0.6 is 23.2 Å². The van der Waals surface area contributed by atoms with Gasteiger partial charge in [-0.2, -0.15) is 5.10 Å². The third-order valence-corrected chi connectivity index (χ3v) is 6.45. The van der Waals surface area contributed by atoms with Gasteiger partial charge in [-0.1, -0.05) is 70.0 Å². The summed E-state index contributed by atoms with van der Waals surface area (Å²) in [6.45, 7) is 11.5. The van der Waals surface area contributed by atoms with Crippen LogP contribution < -0.4 is 11.1 Å². The zero-order valence-corrected chi connectivity index (χ0v) is 20.4. The molecule has 0 radical (unpaired) electrons. The number of aromatic nitrogens is 2. The van der Waals surface area contributed by atoms with Crippen LogP contribution in [0.3, 0.4) is 0 Å². The highest BCUT2D eigenvalue weighted by Gasteiger charge is 2.25. The number of nitrogens with zero attached hydrogens (tertiary/aromatic N) is 2. The van der Waals surface area contributed by atoms with Gasteiger partial charge in [-0.3, -0.25) is 9.48 Å².